The summed E-state index contributed by atoms with van der Waals surface area (Å²) in [5.74, 6) is -0.202. The molecular formula is C23H27FN4O2. The summed E-state index contributed by atoms with van der Waals surface area (Å²) in [5.41, 5.74) is 4.04. The van der Waals surface area contributed by atoms with Gasteiger partial charge in [-0.15, -0.1) is 0 Å². The van der Waals surface area contributed by atoms with Crippen molar-refractivity contribution in [1.82, 2.24) is 20.5 Å². The molecule has 0 aliphatic carbocycles. The minimum Gasteiger partial charge on any atom is -0.360 e. The van der Waals surface area contributed by atoms with Gasteiger partial charge in [0.1, 0.15) is 5.82 Å². The Bertz CT molecular complexity index is 1020. The quantitative estimate of drug-likeness (QED) is 0.524. The summed E-state index contributed by atoms with van der Waals surface area (Å²) in [6.07, 6.45) is 0.776. The third kappa shape index (κ3) is 4.53. The molecule has 2 atom stereocenters. The molecule has 0 saturated carbocycles. The maximum absolute atomic E-state index is 13.2. The van der Waals surface area contributed by atoms with Crippen LogP contribution in [-0.2, 0) is 16.1 Å². The van der Waals surface area contributed by atoms with Crippen molar-refractivity contribution in [3.63, 3.8) is 0 Å². The summed E-state index contributed by atoms with van der Waals surface area (Å²) >= 11 is 0. The molecule has 3 N–H and O–H groups in total. The van der Waals surface area contributed by atoms with Crippen LogP contribution in [0, 0.1) is 5.82 Å². The first-order valence-corrected chi connectivity index (χ1v) is 10.1. The number of nitrogens with one attached hydrogen (secondary N) is 3. The Kier molecular flexibility index (Phi) is 6.13. The second-order valence-electron chi connectivity index (χ2n) is 7.80. The molecule has 30 heavy (non-hydrogen) atoms. The number of nitrogens with zero attached hydrogens (tertiary/aromatic N) is 1. The lowest BCUT2D eigenvalue weighted by atomic mass is 10.0. The van der Waals surface area contributed by atoms with E-state index in [2.05, 4.69) is 38.7 Å². The topological polar surface area (TPSA) is 69.4 Å². The third-order valence-electron chi connectivity index (χ3n) is 5.70. The lowest BCUT2D eigenvalue weighted by molar-refractivity contribution is -0.122. The Labute approximate surface area is 175 Å². The summed E-state index contributed by atoms with van der Waals surface area (Å²) < 4.78 is 19.1. The van der Waals surface area contributed by atoms with Gasteiger partial charge in [0.2, 0.25) is 5.91 Å². The zero-order valence-electron chi connectivity index (χ0n) is 17.2. The van der Waals surface area contributed by atoms with Gasteiger partial charge in [-0.1, -0.05) is 24.3 Å². The Hall–Kier alpha value is -2.74. The van der Waals surface area contributed by atoms with Gasteiger partial charge in [0.25, 0.3) is 0 Å². The Morgan fingerprint density at radius 1 is 1.20 bits per heavy atom. The first-order valence-electron chi connectivity index (χ1n) is 10.1. The first-order chi connectivity index (χ1) is 14.5. The highest BCUT2D eigenvalue weighted by Crippen LogP contribution is 2.25. The van der Waals surface area contributed by atoms with Crippen LogP contribution in [0.4, 0.5) is 4.39 Å². The summed E-state index contributed by atoms with van der Waals surface area (Å²) in [7, 11) is 3.67. The second kappa shape index (κ2) is 8.95. The number of fused-ring (bicyclic) bond motifs is 1. The van der Waals surface area contributed by atoms with Crippen molar-refractivity contribution in [2.45, 2.75) is 25.1 Å². The van der Waals surface area contributed by atoms with E-state index < -0.39 is 0 Å². The van der Waals surface area contributed by atoms with Crippen molar-refractivity contribution < 1.29 is 13.9 Å². The largest absolute Gasteiger partial charge is 0.360 e. The zero-order chi connectivity index (χ0) is 21.1. The van der Waals surface area contributed by atoms with Crippen LogP contribution in [0.1, 0.15) is 12.1 Å². The average Bonchev–Trinajstić information content (AvgIpc) is 3.40. The molecule has 2 aromatic carbocycles. The van der Waals surface area contributed by atoms with E-state index in [1.807, 2.05) is 13.1 Å². The van der Waals surface area contributed by atoms with Crippen molar-refractivity contribution in [2.75, 3.05) is 27.4 Å². The highest BCUT2D eigenvalue weighted by Gasteiger charge is 2.30. The highest BCUT2D eigenvalue weighted by atomic mass is 19.1. The SMILES string of the molecule is CNC(=O)[C@@H]1C[C@H](N(C)COCc2cc3ccc(-c4ccc(F)cc4)cc3[nH]2)CN1. The second-order valence-corrected chi connectivity index (χ2v) is 7.80. The molecule has 1 saturated heterocycles. The fourth-order valence-electron chi connectivity index (χ4n) is 3.92. The number of halogens is 1. The van der Waals surface area contributed by atoms with Crippen LogP contribution in [0.15, 0.2) is 48.5 Å². The molecule has 1 fully saturated rings. The predicted molar refractivity (Wildman–Crippen MR) is 115 cm³/mol. The molecule has 6 nitrogen and oxygen atoms in total. The molecule has 1 aliphatic rings. The minimum absolute atomic E-state index is 0.0323. The standard InChI is InChI=1S/C23H27FN4O2/c1-25-23(29)22-11-20(12-26-22)28(2)14-30-13-19-9-17-4-3-16(10-21(17)27-19)15-5-7-18(24)8-6-15/h3-10,20,22,26-27H,11-14H2,1-2H3,(H,25,29)/t20-,22-/m0/s1. The molecule has 7 heteroatoms. The Morgan fingerprint density at radius 2 is 1.97 bits per heavy atom. The van der Waals surface area contributed by atoms with Crippen molar-refractivity contribution >= 4 is 16.8 Å². The number of aromatic amines is 1. The molecule has 1 aliphatic heterocycles. The van der Waals surface area contributed by atoms with E-state index in [1.165, 1.54) is 12.1 Å². The van der Waals surface area contributed by atoms with Crippen LogP contribution in [0.5, 0.6) is 0 Å². The fourth-order valence-corrected chi connectivity index (χ4v) is 3.92. The Balaban J connectivity index is 1.33. The normalized spacial score (nSPS) is 18.9. The molecule has 158 valence electrons. The van der Waals surface area contributed by atoms with Crippen molar-refractivity contribution in [3.05, 3.63) is 60.0 Å². The van der Waals surface area contributed by atoms with E-state index in [-0.39, 0.29) is 23.8 Å². The molecule has 0 bridgehead atoms. The Morgan fingerprint density at radius 3 is 2.73 bits per heavy atom. The molecule has 0 radical (unpaired) electrons. The van der Waals surface area contributed by atoms with Gasteiger partial charge in [-0.05, 0) is 54.2 Å². The van der Waals surface area contributed by atoms with Gasteiger partial charge in [0.05, 0.1) is 19.4 Å². The number of H-pyrrole nitrogens is 1. The number of ether oxygens (including phenoxy) is 1. The average molecular weight is 410 g/mol. The van der Waals surface area contributed by atoms with E-state index in [1.54, 1.807) is 19.2 Å². The summed E-state index contributed by atoms with van der Waals surface area (Å²) in [5, 5.41) is 7.05. The molecule has 2 heterocycles. The van der Waals surface area contributed by atoms with Crippen LogP contribution < -0.4 is 10.6 Å². The van der Waals surface area contributed by atoms with E-state index >= 15 is 0 Å². The monoisotopic (exact) mass is 410 g/mol. The van der Waals surface area contributed by atoms with Crippen LogP contribution in [0.2, 0.25) is 0 Å². The first kappa shape index (κ1) is 20.5. The predicted octanol–water partition coefficient (Wildman–Crippen LogP) is 2.86. The maximum atomic E-state index is 13.2. The number of carbonyl (C=O) groups excluding carboxylic acids is 1. The molecule has 3 aromatic rings. The van der Waals surface area contributed by atoms with Gasteiger partial charge < -0.3 is 20.4 Å². The van der Waals surface area contributed by atoms with E-state index in [0.29, 0.717) is 13.3 Å². The van der Waals surface area contributed by atoms with Gasteiger partial charge in [0, 0.05) is 30.8 Å². The number of hydrogen-bond donors (Lipinski definition) is 3. The van der Waals surface area contributed by atoms with Crippen molar-refractivity contribution in [1.29, 1.82) is 0 Å². The van der Waals surface area contributed by atoms with Crippen molar-refractivity contribution in [3.8, 4) is 11.1 Å². The number of carbonyl (C=O) groups is 1. The molecule has 0 unspecified atom stereocenters. The van der Waals surface area contributed by atoms with Crippen LogP contribution in [-0.4, -0.2) is 55.2 Å². The molecule has 1 amide bonds. The number of likely N-dealkylation sites (N-methyl/N-ethyl adjacent to an activating group) is 2. The van der Waals surface area contributed by atoms with Gasteiger partial charge in [-0.3, -0.25) is 9.69 Å². The number of aromatic nitrogens is 1. The van der Waals surface area contributed by atoms with Gasteiger partial charge in [-0.2, -0.15) is 0 Å². The summed E-state index contributed by atoms with van der Waals surface area (Å²) in [6, 6.07) is 14.9. The maximum Gasteiger partial charge on any atom is 0.236 e. The molecule has 4 rings (SSSR count). The number of hydrogen-bond acceptors (Lipinski definition) is 4. The molecule has 0 spiro atoms. The van der Waals surface area contributed by atoms with E-state index in [4.69, 9.17) is 4.74 Å². The van der Waals surface area contributed by atoms with Gasteiger partial charge in [-0.25, -0.2) is 4.39 Å². The number of amides is 1. The van der Waals surface area contributed by atoms with Gasteiger partial charge >= 0.3 is 0 Å². The molecule has 1 aromatic heterocycles. The van der Waals surface area contributed by atoms with Gasteiger partial charge in [0.15, 0.2) is 0 Å². The number of rotatable bonds is 7. The third-order valence-corrected chi connectivity index (χ3v) is 5.70. The lowest BCUT2D eigenvalue weighted by Crippen LogP contribution is -2.38. The minimum atomic E-state index is -0.235. The van der Waals surface area contributed by atoms with E-state index in [9.17, 15) is 9.18 Å². The fraction of sp³-hybridized carbons (Fsp3) is 0.348. The van der Waals surface area contributed by atoms with Crippen molar-refractivity contribution in [2.24, 2.45) is 0 Å². The summed E-state index contributed by atoms with van der Waals surface area (Å²) in [4.78, 5) is 17.3. The van der Waals surface area contributed by atoms with E-state index in [0.717, 1.165) is 40.7 Å². The summed E-state index contributed by atoms with van der Waals surface area (Å²) in [6.45, 7) is 1.74. The van der Waals surface area contributed by atoms with Crippen LogP contribution in [0.3, 0.4) is 0 Å². The van der Waals surface area contributed by atoms with Crippen LogP contribution in [0.25, 0.3) is 22.0 Å². The molecular weight excluding hydrogens is 383 g/mol. The smallest absolute Gasteiger partial charge is 0.236 e. The number of benzene rings is 2. The highest BCUT2D eigenvalue weighted by molar-refractivity contribution is 5.85. The van der Waals surface area contributed by atoms with Crippen LogP contribution >= 0.6 is 0 Å². The zero-order valence-corrected chi connectivity index (χ0v) is 17.2. The lowest BCUT2D eigenvalue weighted by Gasteiger charge is -2.23.